The highest BCUT2D eigenvalue weighted by Crippen LogP contribution is 2.25. The van der Waals surface area contributed by atoms with Crippen LogP contribution in [0.2, 0.25) is 0 Å². The topological polar surface area (TPSA) is 61.6 Å². The van der Waals surface area contributed by atoms with Gasteiger partial charge in [0.25, 0.3) is 0 Å². The Morgan fingerprint density at radius 1 is 1.13 bits per heavy atom. The van der Waals surface area contributed by atoms with Crippen LogP contribution < -0.4 is 10.2 Å². The molecule has 0 unspecified atom stereocenters. The second-order valence-corrected chi connectivity index (χ2v) is 7.84. The van der Waals surface area contributed by atoms with Crippen LogP contribution in [-0.2, 0) is 17.8 Å². The number of carbonyl (C=O) groups excluding carboxylic acids is 1. The maximum Gasteiger partial charge on any atom is 0.220 e. The minimum absolute atomic E-state index is 0.0539. The number of piperazine rings is 1. The molecule has 1 aliphatic rings. The number of carbonyl (C=O) groups is 1. The summed E-state index contributed by atoms with van der Waals surface area (Å²) in [7, 11) is 2.13. The van der Waals surface area contributed by atoms with Gasteiger partial charge in [-0.25, -0.2) is 9.37 Å². The number of aryl methyl sites for hydroxylation is 1. The molecule has 1 N–H and O–H groups in total. The zero-order valence-electron chi connectivity index (χ0n) is 17.7. The third-order valence-electron chi connectivity index (χ3n) is 5.53. The monoisotopic (exact) mass is 422 g/mol. The highest BCUT2D eigenvalue weighted by Gasteiger charge is 2.15. The Hall–Kier alpha value is -3.19. The molecule has 6 nitrogen and oxygen atoms in total. The number of amides is 1. The maximum atomic E-state index is 13.9. The van der Waals surface area contributed by atoms with Crippen molar-refractivity contribution in [3.05, 3.63) is 71.9 Å². The van der Waals surface area contributed by atoms with Crippen molar-refractivity contribution in [2.45, 2.75) is 19.4 Å². The summed E-state index contributed by atoms with van der Waals surface area (Å²) in [5.74, 6) is 1.71. The van der Waals surface area contributed by atoms with E-state index in [2.05, 4.69) is 27.1 Å². The molecule has 0 bridgehead atoms. The van der Waals surface area contributed by atoms with Gasteiger partial charge in [-0.3, -0.25) is 4.79 Å². The Kier molecular flexibility index (Phi) is 6.62. The largest absolute Gasteiger partial charge is 0.461 e. The summed E-state index contributed by atoms with van der Waals surface area (Å²) < 4.78 is 19.6. The SMILES string of the molecule is CN1CCN(c2cc(CNC(=O)CCc3ccc(-c4ccccc4F)o3)ccn2)CC1. The van der Waals surface area contributed by atoms with Crippen molar-refractivity contribution in [1.82, 2.24) is 15.2 Å². The molecule has 0 aliphatic carbocycles. The lowest BCUT2D eigenvalue weighted by Gasteiger charge is -2.33. The average molecular weight is 423 g/mol. The molecule has 1 aliphatic heterocycles. The van der Waals surface area contributed by atoms with Crippen LogP contribution in [0.15, 0.2) is 59.1 Å². The van der Waals surface area contributed by atoms with Gasteiger partial charge in [0, 0.05) is 51.8 Å². The molecule has 3 aromatic rings. The van der Waals surface area contributed by atoms with E-state index in [9.17, 15) is 9.18 Å². The van der Waals surface area contributed by atoms with Gasteiger partial charge in [0.15, 0.2) is 0 Å². The number of halogens is 1. The Morgan fingerprint density at radius 2 is 1.94 bits per heavy atom. The standard InChI is InChI=1S/C24H27FN4O2/c1-28-12-14-29(15-13-28)23-16-18(10-11-26-23)17-27-24(30)9-7-19-6-8-22(31-19)20-4-2-3-5-21(20)25/h2-6,8,10-11,16H,7,9,12-15,17H2,1H3,(H,27,30). The number of hydrogen-bond acceptors (Lipinski definition) is 5. The van der Waals surface area contributed by atoms with Gasteiger partial charge in [-0.05, 0) is 49.0 Å². The van der Waals surface area contributed by atoms with E-state index in [1.807, 2.05) is 12.1 Å². The van der Waals surface area contributed by atoms with Crippen LogP contribution in [0, 0.1) is 5.82 Å². The van der Waals surface area contributed by atoms with Crippen molar-refractivity contribution in [1.29, 1.82) is 0 Å². The number of nitrogens with one attached hydrogen (secondary N) is 1. The van der Waals surface area contributed by atoms with E-state index in [-0.39, 0.29) is 11.7 Å². The van der Waals surface area contributed by atoms with Crippen molar-refractivity contribution in [2.75, 3.05) is 38.1 Å². The second-order valence-electron chi connectivity index (χ2n) is 7.84. The van der Waals surface area contributed by atoms with E-state index in [0.29, 0.717) is 36.5 Å². The smallest absolute Gasteiger partial charge is 0.220 e. The third kappa shape index (κ3) is 5.49. The molecule has 1 amide bonds. The zero-order chi connectivity index (χ0) is 21.6. The van der Waals surface area contributed by atoms with Gasteiger partial charge in [-0.2, -0.15) is 0 Å². The molecule has 4 rings (SSSR count). The van der Waals surface area contributed by atoms with Gasteiger partial charge in [0.2, 0.25) is 5.91 Å². The first-order valence-corrected chi connectivity index (χ1v) is 10.6. The number of furan rings is 1. The highest BCUT2D eigenvalue weighted by molar-refractivity contribution is 5.76. The Bertz CT molecular complexity index is 1030. The lowest BCUT2D eigenvalue weighted by Crippen LogP contribution is -2.44. The van der Waals surface area contributed by atoms with E-state index in [4.69, 9.17) is 4.42 Å². The molecule has 2 aromatic heterocycles. The third-order valence-corrected chi connectivity index (χ3v) is 5.53. The van der Waals surface area contributed by atoms with Crippen LogP contribution >= 0.6 is 0 Å². The van der Waals surface area contributed by atoms with Gasteiger partial charge in [0.1, 0.15) is 23.2 Å². The molecule has 7 heteroatoms. The minimum atomic E-state index is -0.325. The lowest BCUT2D eigenvalue weighted by molar-refractivity contribution is -0.121. The number of nitrogens with zero attached hydrogens (tertiary/aromatic N) is 3. The molecule has 31 heavy (non-hydrogen) atoms. The predicted octanol–water partition coefficient (Wildman–Crippen LogP) is 3.48. The number of rotatable bonds is 7. The van der Waals surface area contributed by atoms with E-state index in [1.54, 1.807) is 36.5 Å². The summed E-state index contributed by atoms with van der Waals surface area (Å²) in [6.45, 7) is 4.41. The summed E-state index contributed by atoms with van der Waals surface area (Å²) >= 11 is 0. The zero-order valence-corrected chi connectivity index (χ0v) is 17.7. The Labute approximate surface area is 181 Å². The van der Waals surface area contributed by atoms with Crippen LogP contribution in [-0.4, -0.2) is 49.0 Å². The quantitative estimate of drug-likeness (QED) is 0.632. The molecule has 0 saturated carbocycles. The number of likely N-dealkylation sites (N-methyl/N-ethyl adjacent to an activating group) is 1. The first-order valence-electron chi connectivity index (χ1n) is 10.6. The molecular formula is C24H27FN4O2. The number of anilines is 1. The molecule has 1 saturated heterocycles. The molecular weight excluding hydrogens is 395 g/mol. The summed E-state index contributed by atoms with van der Waals surface area (Å²) in [6.07, 6.45) is 2.56. The number of hydrogen-bond donors (Lipinski definition) is 1. The van der Waals surface area contributed by atoms with Crippen LogP contribution in [0.4, 0.5) is 10.2 Å². The molecule has 0 radical (unpaired) electrons. The van der Waals surface area contributed by atoms with Gasteiger partial charge < -0.3 is 19.5 Å². The van der Waals surface area contributed by atoms with Crippen LogP contribution in [0.25, 0.3) is 11.3 Å². The van der Waals surface area contributed by atoms with Gasteiger partial charge >= 0.3 is 0 Å². The summed E-state index contributed by atoms with van der Waals surface area (Å²) in [6, 6.07) is 14.0. The first kappa shape index (κ1) is 21.1. The first-order chi connectivity index (χ1) is 15.1. The molecule has 0 spiro atoms. The minimum Gasteiger partial charge on any atom is -0.461 e. The van der Waals surface area contributed by atoms with Gasteiger partial charge in [-0.15, -0.1) is 0 Å². The molecule has 1 fully saturated rings. The fourth-order valence-corrected chi connectivity index (χ4v) is 3.62. The molecule has 162 valence electrons. The van der Waals surface area contributed by atoms with Crippen LogP contribution in [0.3, 0.4) is 0 Å². The fraction of sp³-hybridized carbons (Fsp3) is 0.333. The van der Waals surface area contributed by atoms with E-state index in [1.165, 1.54) is 6.07 Å². The van der Waals surface area contributed by atoms with Gasteiger partial charge in [0.05, 0.1) is 5.56 Å². The average Bonchev–Trinajstić information content (AvgIpc) is 3.26. The fourth-order valence-electron chi connectivity index (χ4n) is 3.62. The molecule has 1 aromatic carbocycles. The van der Waals surface area contributed by atoms with E-state index >= 15 is 0 Å². The summed E-state index contributed by atoms with van der Waals surface area (Å²) in [4.78, 5) is 21.4. The molecule has 0 atom stereocenters. The van der Waals surface area contributed by atoms with Crippen molar-refractivity contribution >= 4 is 11.7 Å². The van der Waals surface area contributed by atoms with Crippen molar-refractivity contribution in [3.8, 4) is 11.3 Å². The number of pyridine rings is 1. The van der Waals surface area contributed by atoms with Crippen molar-refractivity contribution in [3.63, 3.8) is 0 Å². The summed E-state index contributed by atoms with van der Waals surface area (Å²) in [5, 5.41) is 2.96. The second kappa shape index (κ2) is 9.75. The predicted molar refractivity (Wildman–Crippen MR) is 118 cm³/mol. The van der Waals surface area contributed by atoms with Crippen molar-refractivity contribution < 1.29 is 13.6 Å². The number of benzene rings is 1. The van der Waals surface area contributed by atoms with Gasteiger partial charge in [-0.1, -0.05) is 12.1 Å². The lowest BCUT2D eigenvalue weighted by atomic mass is 10.1. The summed E-state index contributed by atoms with van der Waals surface area (Å²) in [5.41, 5.74) is 1.45. The molecule has 3 heterocycles. The number of aromatic nitrogens is 1. The Morgan fingerprint density at radius 3 is 2.74 bits per heavy atom. The van der Waals surface area contributed by atoms with Crippen LogP contribution in [0.5, 0.6) is 0 Å². The van der Waals surface area contributed by atoms with E-state index in [0.717, 1.165) is 37.6 Å². The van der Waals surface area contributed by atoms with Crippen LogP contribution in [0.1, 0.15) is 17.7 Å². The van der Waals surface area contributed by atoms with E-state index < -0.39 is 0 Å². The Balaban J connectivity index is 1.27. The normalized spacial score (nSPS) is 14.6. The highest BCUT2D eigenvalue weighted by atomic mass is 19.1. The maximum absolute atomic E-state index is 13.9. The van der Waals surface area contributed by atoms with Crippen molar-refractivity contribution in [2.24, 2.45) is 0 Å².